The molecule has 3 aromatic rings. The van der Waals surface area contributed by atoms with E-state index in [2.05, 4.69) is 33.5 Å². The van der Waals surface area contributed by atoms with Crippen molar-refractivity contribution in [2.24, 2.45) is 11.0 Å². The Hall–Kier alpha value is -2.71. The zero-order valence-electron chi connectivity index (χ0n) is 19.1. The van der Waals surface area contributed by atoms with E-state index in [4.69, 9.17) is 4.74 Å². The summed E-state index contributed by atoms with van der Waals surface area (Å²) in [5.41, 5.74) is 6.76. The summed E-state index contributed by atoms with van der Waals surface area (Å²) < 4.78 is 5.52. The Balaban J connectivity index is 1.44. The van der Waals surface area contributed by atoms with Gasteiger partial charge in [-0.1, -0.05) is 25.1 Å². The summed E-state index contributed by atoms with van der Waals surface area (Å²) in [6.07, 6.45) is 8.04. The molecular weight excluding hydrogens is 452 g/mol. The van der Waals surface area contributed by atoms with E-state index in [1.807, 2.05) is 25.1 Å². The fourth-order valence-electron chi connectivity index (χ4n) is 3.93. The SMILES string of the molecule is CC[C@@H]1CCc2sc(C(=O)N/N=C(/C)c3ccc(OC)c(CSc4ncccn4)c3)cc2C1. The van der Waals surface area contributed by atoms with Gasteiger partial charge in [-0.15, -0.1) is 11.3 Å². The van der Waals surface area contributed by atoms with Gasteiger partial charge in [0.25, 0.3) is 5.91 Å². The topological polar surface area (TPSA) is 76.5 Å². The minimum atomic E-state index is -0.146. The maximum atomic E-state index is 12.7. The van der Waals surface area contributed by atoms with Crippen LogP contribution in [-0.2, 0) is 18.6 Å². The molecule has 6 nitrogen and oxygen atoms in total. The van der Waals surface area contributed by atoms with E-state index < -0.39 is 0 Å². The van der Waals surface area contributed by atoms with Crippen LogP contribution in [0.15, 0.2) is 53.0 Å². The maximum absolute atomic E-state index is 12.7. The highest BCUT2D eigenvalue weighted by molar-refractivity contribution is 7.98. The van der Waals surface area contributed by atoms with Crippen molar-refractivity contribution in [2.45, 2.75) is 50.4 Å². The second kappa shape index (κ2) is 10.9. The molecule has 2 aromatic heterocycles. The van der Waals surface area contributed by atoms with Crippen molar-refractivity contribution >= 4 is 34.7 Å². The molecule has 0 spiro atoms. The Morgan fingerprint density at radius 2 is 2.12 bits per heavy atom. The number of amides is 1. The Morgan fingerprint density at radius 3 is 2.88 bits per heavy atom. The number of rotatable bonds is 8. The first-order valence-electron chi connectivity index (χ1n) is 11.1. The number of hydrogen-bond acceptors (Lipinski definition) is 7. The number of hydrazone groups is 1. The predicted molar refractivity (Wildman–Crippen MR) is 134 cm³/mol. The molecule has 8 heteroatoms. The molecule has 172 valence electrons. The summed E-state index contributed by atoms with van der Waals surface area (Å²) in [6, 6.07) is 9.76. The second-order valence-corrected chi connectivity index (χ2v) is 10.1. The smallest absolute Gasteiger partial charge is 0.281 e. The van der Waals surface area contributed by atoms with Crippen LogP contribution in [0, 0.1) is 5.92 Å². The number of ether oxygens (including phenoxy) is 1. The van der Waals surface area contributed by atoms with Crippen LogP contribution < -0.4 is 10.2 Å². The van der Waals surface area contributed by atoms with Crippen molar-refractivity contribution in [3.8, 4) is 5.75 Å². The van der Waals surface area contributed by atoms with E-state index in [9.17, 15) is 4.79 Å². The van der Waals surface area contributed by atoms with E-state index >= 15 is 0 Å². The van der Waals surface area contributed by atoms with Crippen LogP contribution in [0.2, 0.25) is 0 Å². The molecule has 0 saturated carbocycles. The van der Waals surface area contributed by atoms with E-state index in [-0.39, 0.29) is 5.91 Å². The Labute approximate surface area is 202 Å². The third-order valence-corrected chi connectivity index (χ3v) is 8.07. The molecule has 0 bridgehead atoms. The number of nitrogens with zero attached hydrogens (tertiary/aromatic N) is 3. The summed E-state index contributed by atoms with van der Waals surface area (Å²) in [4.78, 5) is 23.3. The van der Waals surface area contributed by atoms with Gasteiger partial charge in [0.1, 0.15) is 5.75 Å². The summed E-state index contributed by atoms with van der Waals surface area (Å²) in [6.45, 7) is 4.14. The van der Waals surface area contributed by atoms with Gasteiger partial charge in [0.15, 0.2) is 5.16 Å². The minimum Gasteiger partial charge on any atom is -0.496 e. The number of carbonyl (C=O) groups excluding carboxylic acids is 1. The minimum absolute atomic E-state index is 0.146. The van der Waals surface area contributed by atoms with Crippen LogP contribution in [0.25, 0.3) is 0 Å². The van der Waals surface area contributed by atoms with Crippen molar-refractivity contribution < 1.29 is 9.53 Å². The van der Waals surface area contributed by atoms with Gasteiger partial charge in [-0.2, -0.15) is 5.10 Å². The molecule has 1 aliphatic carbocycles. The van der Waals surface area contributed by atoms with Crippen LogP contribution in [0.1, 0.15) is 57.9 Å². The highest BCUT2D eigenvalue weighted by Gasteiger charge is 2.22. The quantitative estimate of drug-likeness (QED) is 0.199. The van der Waals surface area contributed by atoms with Crippen molar-refractivity contribution in [3.05, 3.63) is 69.2 Å². The van der Waals surface area contributed by atoms with Crippen LogP contribution >= 0.6 is 23.1 Å². The molecular formula is C25H28N4O2S2. The largest absolute Gasteiger partial charge is 0.496 e. The van der Waals surface area contributed by atoms with E-state index in [0.717, 1.165) is 46.2 Å². The van der Waals surface area contributed by atoms with Crippen molar-refractivity contribution in [2.75, 3.05) is 7.11 Å². The molecule has 1 aromatic carbocycles. The standard InChI is InChI=1S/C25H28N4O2S2/c1-4-17-6-9-22-19(12-17)14-23(33-22)24(30)29-28-16(2)18-7-8-21(31-3)20(13-18)15-32-25-26-10-5-11-27-25/h5,7-8,10-11,13-14,17H,4,6,9,12,15H2,1-3H3,(H,29,30)/b28-16-/t17-/m1/s1. The lowest BCUT2D eigenvalue weighted by molar-refractivity contribution is 0.0959. The van der Waals surface area contributed by atoms with Gasteiger partial charge in [-0.05, 0) is 73.6 Å². The van der Waals surface area contributed by atoms with Gasteiger partial charge < -0.3 is 4.74 Å². The van der Waals surface area contributed by atoms with Gasteiger partial charge in [0.2, 0.25) is 0 Å². The molecule has 33 heavy (non-hydrogen) atoms. The molecule has 1 aliphatic rings. The number of aryl methyl sites for hydroxylation is 1. The first-order chi connectivity index (χ1) is 16.1. The first-order valence-corrected chi connectivity index (χ1v) is 12.9. The molecule has 0 unspecified atom stereocenters. The average molecular weight is 481 g/mol. The van der Waals surface area contributed by atoms with E-state index in [1.54, 1.807) is 48.7 Å². The van der Waals surface area contributed by atoms with Gasteiger partial charge in [0, 0.05) is 28.6 Å². The number of nitrogens with one attached hydrogen (secondary N) is 1. The van der Waals surface area contributed by atoms with Crippen LogP contribution in [0.4, 0.5) is 0 Å². The summed E-state index contributed by atoms with van der Waals surface area (Å²) in [7, 11) is 1.66. The normalized spacial score (nSPS) is 15.7. The fourth-order valence-corrected chi connectivity index (χ4v) is 5.81. The molecule has 0 saturated heterocycles. The highest BCUT2D eigenvalue weighted by Crippen LogP contribution is 2.33. The van der Waals surface area contributed by atoms with Gasteiger partial charge in [0.05, 0.1) is 17.7 Å². The maximum Gasteiger partial charge on any atom is 0.281 e. The summed E-state index contributed by atoms with van der Waals surface area (Å²) >= 11 is 3.15. The number of methoxy groups -OCH3 is 1. The third-order valence-electron chi connectivity index (χ3n) is 5.91. The Morgan fingerprint density at radius 1 is 1.30 bits per heavy atom. The number of fused-ring (bicyclic) bond motifs is 1. The lowest BCUT2D eigenvalue weighted by Gasteiger charge is -2.19. The molecule has 1 atom stereocenters. The number of benzene rings is 1. The van der Waals surface area contributed by atoms with Crippen LogP contribution in [0.5, 0.6) is 5.75 Å². The fraction of sp³-hybridized carbons (Fsp3) is 0.360. The zero-order valence-corrected chi connectivity index (χ0v) is 20.8. The first kappa shape index (κ1) is 23.4. The van der Waals surface area contributed by atoms with Gasteiger partial charge in [-0.3, -0.25) is 4.79 Å². The number of thiophene rings is 1. The molecule has 0 aliphatic heterocycles. The summed E-state index contributed by atoms with van der Waals surface area (Å²) in [5.74, 6) is 2.06. The van der Waals surface area contributed by atoms with Crippen LogP contribution in [0.3, 0.4) is 0 Å². The average Bonchev–Trinajstić information content (AvgIpc) is 3.29. The lowest BCUT2D eigenvalue weighted by Crippen LogP contribution is -2.18. The zero-order chi connectivity index (χ0) is 23.2. The van der Waals surface area contributed by atoms with E-state index in [1.165, 1.54) is 23.3 Å². The number of carbonyl (C=O) groups is 1. The summed E-state index contributed by atoms with van der Waals surface area (Å²) in [5, 5.41) is 5.09. The number of thioether (sulfide) groups is 1. The molecule has 1 N–H and O–H groups in total. The molecule has 4 rings (SSSR count). The highest BCUT2D eigenvalue weighted by atomic mass is 32.2. The second-order valence-electron chi connectivity index (χ2n) is 8.06. The number of hydrogen-bond donors (Lipinski definition) is 1. The van der Waals surface area contributed by atoms with E-state index in [0.29, 0.717) is 10.9 Å². The van der Waals surface area contributed by atoms with Crippen molar-refractivity contribution in [3.63, 3.8) is 0 Å². The Kier molecular flexibility index (Phi) is 7.77. The van der Waals surface area contributed by atoms with Crippen molar-refractivity contribution in [1.29, 1.82) is 0 Å². The lowest BCUT2D eigenvalue weighted by atomic mass is 9.87. The monoisotopic (exact) mass is 480 g/mol. The molecule has 0 radical (unpaired) electrons. The molecule has 1 amide bonds. The van der Waals surface area contributed by atoms with Crippen molar-refractivity contribution in [1.82, 2.24) is 15.4 Å². The van der Waals surface area contributed by atoms with Gasteiger partial charge in [-0.25, -0.2) is 15.4 Å². The molecule has 2 heterocycles. The Bertz CT molecular complexity index is 1140. The third kappa shape index (κ3) is 5.81. The molecule has 0 fully saturated rings. The van der Waals surface area contributed by atoms with Gasteiger partial charge >= 0.3 is 0 Å². The number of aromatic nitrogens is 2. The van der Waals surface area contributed by atoms with Crippen LogP contribution in [-0.4, -0.2) is 28.7 Å². The predicted octanol–water partition coefficient (Wildman–Crippen LogP) is 5.51.